The summed E-state index contributed by atoms with van der Waals surface area (Å²) < 4.78 is 32.8. The van der Waals surface area contributed by atoms with Crippen molar-refractivity contribution in [1.29, 1.82) is 0 Å². The van der Waals surface area contributed by atoms with Gasteiger partial charge in [0.1, 0.15) is 5.75 Å². The number of piperazine rings is 1. The van der Waals surface area contributed by atoms with E-state index in [1.165, 1.54) is 4.31 Å². The molecule has 2 amide bonds. The molecule has 0 radical (unpaired) electrons. The maximum atomic E-state index is 13.0. The van der Waals surface area contributed by atoms with Crippen LogP contribution in [-0.4, -0.2) is 92.8 Å². The monoisotopic (exact) mass is 478 g/mol. The third-order valence-electron chi connectivity index (χ3n) is 6.57. The zero-order valence-corrected chi connectivity index (χ0v) is 20.1. The fourth-order valence-electron chi connectivity index (χ4n) is 4.46. The van der Waals surface area contributed by atoms with Gasteiger partial charge in [0.25, 0.3) is 0 Å². The molecule has 182 valence electrons. The smallest absolute Gasteiger partial charge is 0.243 e. The predicted octanol–water partition coefficient (Wildman–Crippen LogP) is 0.909. The van der Waals surface area contributed by atoms with Gasteiger partial charge in [0, 0.05) is 51.2 Å². The molecule has 0 atom stereocenters. The van der Waals surface area contributed by atoms with Gasteiger partial charge in [-0.25, -0.2) is 8.42 Å². The molecule has 9 nitrogen and oxygen atoms in total. The fraction of sp³-hybridized carbons (Fsp3) is 0.652. The van der Waals surface area contributed by atoms with Crippen molar-refractivity contribution in [2.24, 2.45) is 5.92 Å². The highest BCUT2D eigenvalue weighted by Crippen LogP contribution is 2.26. The van der Waals surface area contributed by atoms with Gasteiger partial charge in [-0.1, -0.05) is 0 Å². The summed E-state index contributed by atoms with van der Waals surface area (Å²) in [5, 5.41) is 3.00. The highest BCUT2D eigenvalue weighted by Gasteiger charge is 2.35. The largest absolute Gasteiger partial charge is 0.494 e. The predicted molar refractivity (Wildman–Crippen MR) is 123 cm³/mol. The van der Waals surface area contributed by atoms with Crippen LogP contribution in [0.2, 0.25) is 0 Å². The quantitative estimate of drug-likeness (QED) is 0.596. The number of rotatable bonds is 8. The van der Waals surface area contributed by atoms with Crippen LogP contribution in [0, 0.1) is 5.92 Å². The van der Waals surface area contributed by atoms with E-state index in [0.717, 1.165) is 12.8 Å². The van der Waals surface area contributed by atoms with Crippen molar-refractivity contribution in [2.75, 3.05) is 52.4 Å². The molecule has 1 saturated carbocycles. The number of hydrogen-bond acceptors (Lipinski definition) is 6. The van der Waals surface area contributed by atoms with Crippen molar-refractivity contribution in [2.45, 2.75) is 43.5 Å². The summed E-state index contributed by atoms with van der Waals surface area (Å²) in [6.07, 6.45) is 3.21. The van der Waals surface area contributed by atoms with Crippen LogP contribution < -0.4 is 10.1 Å². The van der Waals surface area contributed by atoms with E-state index in [2.05, 4.69) is 10.2 Å². The summed E-state index contributed by atoms with van der Waals surface area (Å²) in [6, 6.07) is 6.85. The Morgan fingerprint density at radius 2 is 1.61 bits per heavy atom. The van der Waals surface area contributed by atoms with Crippen LogP contribution in [0.4, 0.5) is 0 Å². The maximum absolute atomic E-state index is 13.0. The molecule has 0 aromatic heterocycles. The van der Waals surface area contributed by atoms with Crippen molar-refractivity contribution in [3.63, 3.8) is 0 Å². The zero-order chi connectivity index (χ0) is 23.4. The van der Waals surface area contributed by atoms with Crippen LogP contribution in [0.25, 0.3) is 0 Å². The minimum atomic E-state index is -3.58. The number of sulfonamides is 1. The van der Waals surface area contributed by atoms with E-state index in [9.17, 15) is 18.0 Å². The van der Waals surface area contributed by atoms with Crippen molar-refractivity contribution in [3.05, 3.63) is 24.3 Å². The molecule has 10 heteroatoms. The molecule has 0 unspecified atom stereocenters. The highest BCUT2D eigenvalue weighted by atomic mass is 32.2. The molecule has 33 heavy (non-hydrogen) atoms. The Bertz CT molecular complexity index is 932. The molecule has 2 aliphatic heterocycles. The van der Waals surface area contributed by atoms with Gasteiger partial charge in [-0.3, -0.25) is 14.5 Å². The number of benzene rings is 1. The van der Waals surface area contributed by atoms with Crippen LogP contribution in [-0.2, 0) is 19.6 Å². The third kappa shape index (κ3) is 6.04. The zero-order valence-electron chi connectivity index (χ0n) is 19.2. The first-order valence-electron chi connectivity index (χ1n) is 11.9. The Labute approximate surface area is 196 Å². The average molecular weight is 479 g/mol. The van der Waals surface area contributed by atoms with Gasteiger partial charge in [-0.05, 0) is 56.9 Å². The lowest BCUT2D eigenvalue weighted by molar-refractivity contribution is -0.138. The summed E-state index contributed by atoms with van der Waals surface area (Å²) in [5.74, 6) is 0.666. The number of ether oxygens (including phenoxy) is 1. The lowest BCUT2D eigenvalue weighted by Crippen LogP contribution is -2.53. The van der Waals surface area contributed by atoms with E-state index in [4.69, 9.17) is 4.74 Å². The Morgan fingerprint density at radius 1 is 0.970 bits per heavy atom. The number of hydrogen-bond donors (Lipinski definition) is 1. The molecule has 1 N–H and O–H groups in total. The SMILES string of the molecule is CCOc1ccc(S(=O)(=O)N2CCC(C(=O)N3CCN(CC(=O)NC4CC4)CC3)CC2)cc1. The summed E-state index contributed by atoms with van der Waals surface area (Å²) >= 11 is 0. The topological polar surface area (TPSA) is 99.3 Å². The molecular weight excluding hydrogens is 444 g/mol. The second-order valence-corrected chi connectivity index (χ2v) is 11.0. The number of carbonyl (C=O) groups excluding carboxylic acids is 2. The fourth-order valence-corrected chi connectivity index (χ4v) is 5.93. The highest BCUT2D eigenvalue weighted by molar-refractivity contribution is 7.89. The Hall–Kier alpha value is -2.17. The normalized spacial score (nSPS) is 21.1. The number of amides is 2. The second kappa shape index (κ2) is 10.4. The molecule has 4 rings (SSSR count). The van der Waals surface area contributed by atoms with Gasteiger partial charge < -0.3 is 15.0 Å². The molecule has 0 bridgehead atoms. The van der Waals surface area contributed by atoms with Crippen LogP contribution in [0.3, 0.4) is 0 Å². The lowest BCUT2D eigenvalue weighted by Gasteiger charge is -2.38. The Morgan fingerprint density at radius 3 is 2.18 bits per heavy atom. The second-order valence-electron chi connectivity index (χ2n) is 9.03. The first kappa shape index (κ1) is 24.0. The van der Waals surface area contributed by atoms with Crippen LogP contribution in [0.5, 0.6) is 5.75 Å². The first-order valence-corrected chi connectivity index (χ1v) is 13.3. The molecule has 1 aromatic rings. The maximum Gasteiger partial charge on any atom is 0.243 e. The van der Waals surface area contributed by atoms with Crippen molar-refractivity contribution < 1.29 is 22.7 Å². The van der Waals surface area contributed by atoms with Crippen molar-refractivity contribution >= 4 is 21.8 Å². The van der Waals surface area contributed by atoms with Crippen LogP contribution in [0.1, 0.15) is 32.6 Å². The van der Waals surface area contributed by atoms with E-state index < -0.39 is 10.0 Å². The molecule has 2 saturated heterocycles. The van der Waals surface area contributed by atoms with Gasteiger partial charge in [0.05, 0.1) is 18.0 Å². The van der Waals surface area contributed by atoms with E-state index in [-0.39, 0.29) is 22.6 Å². The van der Waals surface area contributed by atoms with Gasteiger partial charge in [0.15, 0.2) is 0 Å². The molecule has 3 aliphatic rings. The van der Waals surface area contributed by atoms with Gasteiger partial charge >= 0.3 is 0 Å². The van der Waals surface area contributed by atoms with E-state index >= 15 is 0 Å². The van der Waals surface area contributed by atoms with E-state index in [0.29, 0.717) is 77.1 Å². The standard InChI is InChI=1S/C23H34N4O5S/c1-2-32-20-5-7-21(8-6-20)33(30,31)27-11-9-18(10-12-27)23(29)26-15-13-25(14-16-26)17-22(28)24-19-3-4-19/h5-8,18-19H,2-4,9-17H2,1H3,(H,24,28). The van der Waals surface area contributed by atoms with Gasteiger partial charge in [-0.2, -0.15) is 4.31 Å². The number of piperidine rings is 1. The molecule has 3 fully saturated rings. The number of carbonyl (C=O) groups is 2. The third-order valence-corrected chi connectivity index (χ3v) is 8.48. The lowest BCUT2D eigenvalue weighted by atomic mass is 9.96. The molecule has 1 aliphatic carbocycles. The summed E-state index contributed by atoms with van der Waals surface area (Å²) in [5.41, 5.74) is 0. The van der Waals surface area contributed by atoms with Crippen LogP contribution in [0.15, 0.2) is 29.2 Å². The summed E-state index contributed by atoms with van der Waals surface area (Å²) in [6.45, 7) is 6.08. The molecule has 1 aromatic carbocycles. The Balaban J connectivity index is 1.23. The van der Waals surface area contributed by atoms with E-state index in [1.54, 1.807) is 24.3 Å². The Kier molecular flexibility index (Phi) is 7.55. The van der Waals surface area contributed by atoms with Gasteiger partial charge in [-0.15, -0.1) is 0 Å². The summed E-state index contributed by atoms with van der Waals surface area (Å²) in [4.78, 5) is 29.2. The van der Waals surface area contributed by atoms with Crippen molar-refractivity contribution in [1.82, 2.24) is 19.4 Å². The van der Waals surface area contributed by atoms with Crippen molar-refractivity contribution in [3.8, 4) is 5.75 Å². The number of nitrogens with one attached hydrogen (secondary N) is 1. The minimum Gasteiger partial charge on any atom is -0.494 e. The van der Waals surface area contributed by atoms with E-state index in [1.807, 2.05) is 11.8 Å². The summed E-state index contributed by atoms with van der Waals surface area (Å²) in [7, 11) is -3.58. The molecule has 0 spiro atoms. The number of nitrogens with zero attached hydrogens (tertiary/aromatic N) is 3. The average Bonchev–Trinajstić information content (AvgIpc) is 3.63. The van der Waals surface area contributed by atoms with Crippen LogP contribution >= 0.6 is 0 Å². The van der Waals surface area contributed by atoms with Gasteiger partial charge in [0.2, 0.25) is 21.8 Å². The first-order chi connectivity index (χ1) is 15.9. The molecule has 2 heterocycles. The molecular formula is C23H34N4O5S. The minimum absolute atomic E-state index is 0.0680.